The Morgan fingerprint density at radius 2 is 2.32 bits per heavy atom. The normalized spacial score (nSPS) is 19.9. The maximum atomic E-state index is 12.5. The van der Waals surface area contributed by atoms with Crippen LogP contribution in [0.3, 0.4) is 0 Å². The van der Waals surface area contributed by atoms with Gasteiger partial charge in [0.1, 0.15) is 0 Å². The second-order valence-corrected chi connectivity index (χ2v) is 8.10. The minimum absolute atomic E-state index is 0.194. The number of rotatable bonds is 7. The van der Waals surface area contributed by atoms with Crippen LogP contribution >= 0.6 is 11.3 Å². The predicted molar refractivity (Wildman–Crippen MR) is 95.1 cm³/mol. The van der Waals surface area contributed by atoms with Crippen molar-refractivity contribution in [3.63, 3.8) is 0 Å². The lowest BCUT2D eigenvalue weighted by Crippen LogP contribution is -2.41. The third-order valence-corrected chi connectivity index (χ3v) is 5.73. The number of thiazole rings is 1. The summed E-state index contributed by atoms with van der Waals surface area (Å²) in [7, 11) is 0. The van der Waals surface area contributed by atoms with Gasteiger partial charge < -0.3 is 9.64 Å². The summed E-state index contributed by atoms with van der Waals surface area (Å²) in [4.78, 5) is 18.9. The maximum Gasteiger partial charge on any atom is 0.223 e. The minimum Gasteiger partial charge on any atom is -0.375 e. The van der Waals surface area contributed by atoms with Crippen molar-refractivity contribution in [3.8, 4) is 0 Å². The molecule has 1 fully saturated rings. The fraction of sp³-hybridized carbons (Fsp3) is 0.611. The zero-order valence-corrected chi connectivity index (χ0v) is 15.4. The predicted octanol–water partition coefficient (Wildman–Crippen LogP) is 2.94. The van der Waals surface area contributed by atoms with Gasteiger partial charge in [0.15, 0.2) is 0 Å². The first-order valence-electron chi connectivity index (χ1n) is 8.98. The van der Waals surface area contributed by atoms with E-state index in [-0.39, 0.29) is 6.04 Å². The SMILES string of the molecule is Cc1nc(COCC[C@H]2CN(C(=O)CC3CC3)Cc3ccnn32)cs1. The molecule has 2 aliphatic rings. The summed E-state index contributed by atoms with van der Waals surface area (Å²) >= 11 is 1.65. The standard InChI is InChI=1S/C18H24N4O2S/c1-13-20-15(12-25-13)11-24-7-5-17-10-21(18(23)8-14-2-3-14)9-16-4-6-19-22(16)17/h4,6,12,14,17H,2-3,5,7-11H2,1H3/t17-/m0/s1. The van der Waals surface area contributed by atoms with Crippen LogP contribution in [0.15, 0.2) is 17.6 Å². The fourth-order valence-electron chi connectivity index (χ4n) is 3.36. The number of aryl methyl sites for hydroxylation is 1. The highest BCUT2D eigenvalue weighted by Crippen LogP contribution is 2.34. The molecule has 1 aliphatic carbocycles. The maximum absolute atomic E-state index is 12.5. The van der Waals surface area contributed by atoms with Gasteiger partial charge in [-0.2, -0.15) is 5.10 Å². The van der Waals surface area contributed by atoms with E-state index in [1.807, 2.05) is 29.5 Å². The number of ether oxygens (including phenoxy) is 1. The van der Waals surface area contributed by atoms with Crippen molar-refractivity contribution >= 4 is 17.2 Å². The molecule has 2 aromatic heterocycles. The van der Waals surface area contributed by atoms with E-state index in [0.29, 0.717) is 38.0 Å². The van der Waals surface area contributed by atoms with Crippen LogP contribution in [0.5, 0.6) is 0 Å². The van der Waals surface area contributed by atoms with Crippen LogP contribution in [-0.4, -0.2) is 38.7 Å². The number of amides is 1. The van der Waals surface area contributed by atoms with Crippen LogP contribution in [0.1, 0.15) is 48.1 Å². The van der Waals surface area contributed by atoms with Crippen LogP contribution in [0.4, 0.5) is 0 Å². The lowest BCUT2D eigenvalue weighted by Gasteiger charge is -2.34. The molecule has 0 unspecified atom stereocenters. The Bertz CT molecular complexity index is 737. The van der Waals surface area contributed by atoms with Crippen molar-refractivity contribution in [1.82, 2.24) is 19.7 Å². The Balaban J connectivity index is 1.32. The molecule has 0 aromatic carbocycles. The Hall–Kier alpha value is -1.73. The first kappa shape index (κ1) is 16.7. The summed E-state index contributed by atoms with van der Waals surface area (Å²) in [6.45, 7) is 4.61. The van der Waals surface area contributed by atoms with Gasteiger partial charge in [0.05, 0.1) is 35.6 Å². The lowest BCUT2D eigenvalue weighted by atomic mass is 10.1. The number of hydrogen-bond acceptors (Lipinski definition) is 5. The van der Waals surface area contributed by atoms with Crippen molar-refractivity contribution in [3.05, 3.63) is 34.0 Å². The van der Waals surface area contributed by atoms with Crippen LogP contribution < -0.4 is 0 Å². The number of carbonyl (C=O) groups excluding carboxylic acids is 1. The van der Waals surface area contributed by atoms with Crippen molar-refractivity contribution in [2.24, 2.45) is 5.92 Å². The highest BCUT2D eigenvalue weighted by Gasteiger charge is 2.31. The molecule has 1 saturated carbocycles. The largest absolute Gasteiger partial charge is 0.375 e. The van der Waals surface area contributed by atoms with Gasteiger partial charge >= 0.3 is 0 Å². The van der Waals surface area contributed by atoms with Crippen molar-refractivity contribution in [2.75, 3.05) is 13.2 Å². The number of fused-ring (bicyclic) bond motifs is 1. The van der Waals surface area contributed by atoms with Gasteiger partial charge in [-0.25, -0.2) is 4.98 Å². The highest BCUT2D eigenvalue weighted by atomic mass is 32.1. The topological polar surface area (TPSA) is 60.2 Å². The first-order valence-corrected chi connectivity index (χ1v) is 9.86. The summed E-state index contributed by atoms with van der Waals surface area (Å²) < 4.78 is 7.86. The molecule has 6 nitrogen and oxygen atoms in total. The van der Waals surface area contributed by atoms with E-state index in [2.05, 4.69) is 14.8 Å². The molecule has 25 heavy (non-hydrogen) atoms. The zero-order valence-electron chi connectivity index (χ0n) is 14.6. The molecule has 0 spiro atoms. The van der Waals surface area contributed by atoms with E-state index in [1.165, 1.54) is 12.8 Å². The van der Waals surface area contributed by atoms with Crippen molar-refractivity contribution in [1.29, 1.82) is 0 Å². The zero-order chi connectivity index (χ0) is 17.2. The van der Waals surface area contributed by atoms with E-state index in [4.69, 9.17) is 4.74 Å². The van der Waals surface area contributed by atoms with Crippen molar-refractivity contribution < 1.29 is 9.53 Å². The molecule has 4 rings (SSSR count). The lowest BCUT2D eigenvalue weighted by molar-refractivity contribution is -0.133. The van der Waals surface area contributed by atoms with E-state index >= 15 is 0 Å². The molecule has 3 heterocycles. The number of aromatic nitrogens is 3. The highest BCUT2D eigenvalue weighted by molar-refractivity contribution is 7.09. The minimum atomic E-state index is 0.194. The van der Waals surface area contributed by atoms with Crippen molar-refractivity contribution in [2.45, 2.75) is 51.8 Å². The van der Waals surface area contributed by atoms with Crippen LogP contribution in [0.2, 0.25) is 0 Å². The average molecular weight is 360 g/mol. The number of nitrogens with zero attached hydrogens (tertiary/aromatic N) is 4. The van der Waals surface area contributed by atoms with E-state index < -0.39 is 0 Å². The Kier molecular flexibility index (Phi) is 4.85. The molecule has 7 heteroatoms. The van der Waals surface area contributed by atoms with Crippen LogP contribution in [0.25, 0.3) is 0 Å². The molecule has 0 bridgehead atoms. The summed E-state index contributed by atoms with van der Waals surface area (Å²) in [6, 6.07) is 2.21. The molecule has 0 saturated heterocycles. The van der Waals surface area contributed by atoms with Gasteiger partial charge in [0.2, 0.25) is 5.91 Å². The van der Waals surface area contributed by atoms with Gasteiger partial charge in [-0.1, -0.05) is 0 Å². The molecule has 1 aliphatic heterocycles. The number of carbonyl (C=O) groups is 1. The molecular formula is C18H24N4O2S. The quantitative estimate of drug-likeness (QED) is 0.712. The summed E-state index contributed by atoms with van der Waals surface area (Å²) in [5, 5.41) is 7.57. The third-order valence-electron chi connectivity index (χ3n) is 4.91. The molecule has 1 amide bonds. The van der Waals surface area contributed by atoms with Crippen LogP contribution in [0, 0.1) is 12.8 Å². The molecule has 134 valence electrons. The average Bonchev–Trinajstić information content (AvgIpc) is 3.11. The Morgan fingerprint density at radius 3 is 3.08 bits per heavy atom. The fourth-order valence-corrected chi connectivity index (χ4v) is 3.96. The Morgan fingerprint density at radius 1 is 1.44 bits per heavy atom. The van der Waals surface area contributed by atoms with E-state index in [9.17, 15) is 4.79 Å². The smallest absolute Gasteiger partial charge is 0.223 e. The third kappa shape index (κ3) is 4.10. The second kappa shape index (κ2) is 7.25. The van der Waals surface area contributed by atoms with Gasteiger partial charge in [0.25, 0.3) is 0 Å². The first-order chi connectivity index (χ1) is 12.2. The number of hydrogen-bond donors (Lipinski definition) is 0. The Labute approximate surface area is 151 Å². The molecular weight excluding hydrogens is 336 g/mol. The molecule has 1 atom stereocenters. The second-order valence-electron chi connectivity index (χ2n) is 7.04. The summed E-state index contributed by atoms with van der Waals surface area (Å²) in [5.74, 6) is 0.918. The molecule has 2 aromatic rings. The van der Waals surface area contributed by atoms with Gasteiger partial charge in [-0.3, -0.25) is 9.48 Å². The molecule has 0 radical (unpaired) electrons. The van der Waals surface area contributed by atoms with Crippen LogP contribution in [-0.2, 0) is 22.7 Å². The van der Waals surface area contributed by atoms with Gasteiger partial charge in [-0.15, -0.1) is 11.3 Å². The summed E-state index contributed by atoms with van der Waals surface area (Å²) in [6.07, 6.45) is 5.82. The monoisotopic (exact) mass is 360 g/mol. The van der Waals surface area contributed by atoms with E-state index in [1.54, 1.807) is 11.3 Å². The van der Waals surface area contributed by atoms with Gasteiger partial charge in [-0.05, 0) is 38.2 Å². The van der Waals surface area contributed by atoms with E-state index in [0.717, 1.165) is 29.4 Å². The summed E-state index contributed by atoms with van der Waals surface area (Å²) in [5.41, 5.74) is 2.11. The molecule has 0 N–H and O–H groups in total. The van der Waals surface area contributed by atoms with Gasteiger partial charge in [0, 0.05) is 31.1 Å².